The summed E-state index contributed by atoms with van der Waals surface area (Å²) in [5, 5.41) is 15.6. The first-order valence-corrected chi connectivity index (χ1v) is 10.3. The number of benzene rings is 2. The van der Waals surface area contributed by atoms with E-state index in [1.165, 1.54) is 12.1 Å². The van der Waals surface area contributed by atoms with Crippen LogP contribution in [0, 0.1) is 17.8 Å². The van der Waals surface area contributed by atoms with Crippen molar-refractivity contribution in [2.24, 2.45) is 17.8 Å². The first kappa shape index (κ1) is 21.4. The molecule has 4 rings (SSSR count). The van der Waals surface area contributed by atoms with Crippen LogP contribution in [0.2, 0.25) is 5.02 Å². The number of rotatable bonds is 8. The number of piperidine rings is 1. The number of ether oxygens (including phenoxy) is 1. The fourth-order valence-electron chi connectivity index (χ4n) is 4.43. The Morgan fingerprint density at radius 3 is 2.57 bits per heavy atom. The molecule has 0 radical (unpaired) electrons. The molecular weight excluding hydrogens is 417 g/mol. The molecule has 2 aromatic rings. The monoisotopic (exact) mass is 439 g/mol. The molecule has 162 valence electrons. The Bertz CT molecular complexity index is 867. The van der Waals surface area contributed by atoms with Crippen LogP contribution >= 0.6 is 11.6 Å². The molecule has 1 saturated heterocycles. The van der Waals surface area contributed by atoms with Crippen molar-refractivity contribution in [3.05, 3.63) is 70.0 Å². The van der Waals surface area contributed by atoms with Crippen LogP contribution in [0.25, 0.3) is 5.32 Å². The highest BCUT2D eigenvalue weighted by atomic mass is 35.5. The van der Waals surface area contributed by atoms with Crippen LogP contribution < -0.4 is 4.74 Å². The summed E-state index contributed by atoms with van der Waals surface area (Å²) in [7, 11) is 0. The maximum absolute atomic E-state index is 12.3. The number of likely N-dealkylation sites (tertiary alicyclic amines) is 1. The van der Waals surface area contributed by atoms with E-state index in [2.05, 4.69) is 15.0 Å². The van der Waals surface area contributed by atoms with E-state index in [1.807, 2.05) is 18.2 Å². The van der Waals surface area contributed by atoms with Crippen molar-refractivity contribution in [1.82, 2.24) is 4.90 Å². The summed E-state index contributed by atoms with van der Waals surface area (Å²) < 4.78 is 40.9. The van der Waals surface area contributed by atoms with Crippen molar-refractivity contribution < 1.29 is 23.0 Å². The Morgan fingerprint density at radius 1 is 1.13 bits per heavy atom. The van der Waals surface area contributed by atoms with E-state index < -0.39 is 12.5 Å². The van der Waals surface area contributed by atoms with Crippen LogP contribution in [0.3, 0.4) is 0 Å². The number of aliphatic hydroxyl groups is 1. The van der Waals surface area contributed by atoms with Gasteiger partial charge in [0.05, 0.1) is 6.10 Å². The topological polar surface area (TPSA) is 46.8 Å². The van der Waals surface area contributed by atoms with Crippen LogP contribution in [-0.2, 0) is 6.54 Å². The number of alkyl halides is 3. The fourth-order valence-corrected chi connectivity index (χ4v) is 4.69. The average molecular weight is 440 g/mol. The van der Waals surface area contributed by atoms with Crippen molar-refractivity contribution in [2.45, 2.75) is 19.0 Å². The van der Waals surface area contributed by atoms with E-state index in [1.54, 1.807) is 18.2 Å². The molecule has 0 spiro atoms. The Balaban J connectivity index is 1.19. The van der Waals surface area contributed by atoms with Crippen molar-refractivity contribution in [2.75, 3.05) is 26.2 Å². The van der Waals surface area contributed by atoms with Gasteiger partial charge in [0.2, 0.25) is 0 Å². The number of nitrogens with zero attached hydrogens (tertiary/aromatic N) is 2. The van der Waals surface area contributed by atoms with Gasteiger partial charge in [0.25, 0.3) is 0 Å². The van der Waals surface area contributed by atoms with Gasteiger partial charge in [-0.05, 0) is 30.0 Å². The molecule has 2 aromatic carbocycles. The highest BCUT2D eigenvalue weighted by Gasteiger charge is 2.53. The van der Waals surface area contributed by atoms with Gasteiger partial charge in [-0.2, -0.15) is 0 Å². The maximum atomic E-state index is 12.3. The van der Waals surface area contributed by atoms with E-state index in [0.717, 1.165) is 18.7 Å². The second kappa shape index (κ2) is 8.75. The van der Waals surface area contributed by atoms with E-state index in [-0.39, 0.29) is 5.75 Å². The average Bonchev–Trinajstić information content (AvgIpc) is 3.12. The molecule has 30 heavy (non-hydrogen) atoms. The molecular formula is C22H23ClF3N2O2-. The van der Waals surface area contributed by atoms with Gasteiger partial charge in [0.1, 0.15) is 5.75 Å². The number of β-amino-alcohol motifs (C(OH)–C–C–N with tert-alkyl or cyclic N) is 1. The van der Waals surface area contributed by atoms with Crippen LogP contribution in [0.15, 0.2) is 48.5 Å². The van der Waals surface area contributed by atoms with Crippen molar-refractivity contribution in [3.63, 3.8) is 0 Å². The summed E-state index contributed by atoms with van der Waals surface area (Å²) in [6, 6.07) is 13.3. The molecule has 0 amide bonds. The quantitative estimate of drug-likeness (QED) is 0.628. The number of hydrogen-bond acceptors (Lipinski definition) is 3. The highest BCUT2D eigenvalue weighted by Crippen LogP contribution is 2.52. The van der Waals surface area contributed by atoms with Gasteiger partial charge in [-0.3, -0.25) is 4.90 Å². The van der Waals surface area contributed by atoms with Crippen LogP contribution in [0.1, 0.15) is 17.2 Å². The molecule has 2 fully saturated rings. The zero-order valence-corrected chi connectivity index (χ0v) is 17.0. The second-order valence-electron chi connectivity index (χ2n) is 8.01. The third-order valence-electron chi connectivity index (χ3n) is 5.91. The lowest BCUT2D eigenvalue weighted by Crippen LogP contribution is -2.30. The lowest BCUT2D eigenvalue weighted by molar-refractivity contribution is -0.274. The summed E-state index contributed by atoms with van der Waals surface area (Å²) in [4.78, 5) is 2.26. The van der Waals surface area contributed by atoms with Crippen LogP contribution in [0.4, 0.5) is 13.2 Å². The van der Waals surface area contributed by atoms with Crippen molar-refractivity contribution in [1.29, 1.82) is 0 Å². The molecule has 8 heteroatoms. The zero-order valence-electron chi connectivity index (χ0n) is 16.2. The minimum absolute atomic E-state index is 0.216. The first-order valence-electron chi connectivity index (χ1n) is 9.93. The van der Waals surface area contributed by atoms with E-state index in [4.69, 9.17) is 11.6 Å². The van der Waals surface area contributed by atoms with Crippen LogP contribution in [0.5, 0.6) is 5.75 Å². The van der Waals surface area contributed by atoms with Crippen LogP contribution in [-0.4, -0.2) is 42.5 Å². The molecule has 3 unspecified atom stereocenters. The number of fused-ring (bicyclic) bond motifs is 1. The summed E-state index contributed by atoms with van der Waals surface area (Å²) in [6.07, 6.45) is -5.29. The van der Waals surface area contributed by atoms with Gasteiger partial charge in [0.15, 0.2) is 0 Å². The number of hydrogen-bond donors (Lipinski definition) is 1. The van der Waals surface area contributed by atoms with Gasteiger partial charge in [-0.1, -0.05) is 53.4 Å². The molecule has 2 aliphatic rings. The predicted molar refractivity (Wildman–Crippen MR) is 108 cm³/mol. The standard InChI is InChI=1S/C22H23ClF3N2O2/c23-20-7-2-1-6-16(20)21(29)13-28-11-18-17(19(18)12-28)10-27-9-14-4-3-5-15(8-14)30-22(24,25)26/h1-8,17-19,21,29H,9-13H2/q-1. The lowest BCUT2D eigenvalue weighted by atomic mass is 10.1. The zero-order chi connectivity index (χ0) is 21.3. The van der Waals surface area contributed by atoms with Gasteiger partial charge >= 0.3 is 6.36 Å². The number of aliphatic hydroxyl groups excluding tert-OH is 1. The van der Waals surface area contributed by atoms with Gasteiger partial charge in [0, 0.05) is 30.2 Å². The molecule has 0 bridgehead atoms. The van der Waals surface area contributed by atoms with Gasteiger partial charge in [-0.25, -0.2) is 0 Å². The molecule has 1 aliphatic heterocycles. The molecule has 1 saturated carbocycles. The van der Waals surface area contributed by atoms with E-state index in [0.29, 0.717) is 48.0 Å². The summed E-state index contributed by atoms with van der Waals surface area (Å²) in [5.41, 5.74) is 1.45. The largest absolute Gasteiger partial charge is 0.658 e. The minimum Gasteiger partial charge on any atom is -0.658 e. The van der Waals surface area contributed by atoms with Crippen molar-refractivity contribution >= 4 is 11.6 Å². The maximum Gasteiger partial charge on any atom is 0.573 e. The SMILES string of the molecule is OC(CN1CC2C(C[N-]Cc3cccc(OC(F)(F)F)c3)C2C1)c1ccccc1Cl. The Kier molecular flexibility index (Phi) is 6.25. The molecule has 4 nitrogen and oxygen atoms in total. The highest BCUT2D eigenvalue weighted by molar-refractivity contribution is 6.31. The third-order valence-corrected chi connectivity index (χ3v) is 6.25. The van der Waals surface area contributed by atoms with Crippen molar-refractivity contribution in [3.8, 4) is 5.75 Å². The molecule has 0 aromatic heterocycles. The fraction of sp³-hybridized carbons (Fsp3) is 0.455. The molecule has 1 aliphatic carbocycles. The van der Waals surface area contributed by atoms with E-state index >= 15 is 0 Å². The number of halogens is 4. The smallest absolute Gasteiger partial charge is 0.573 e. The Hall–Kier alpha value is -1.80. The predicted octanol–water partition coefficient (Wildman–Crippen LogP) is 5.02. The second-order valence-corrected chi connectivity index (χ2v) is 8.41. The summed E-state index contributed by atoms with van der Waals surface area (Å²) in [5.74, 6) is 1.46. The Labute approximate surface area is 178 Å². The molecule has 1 N–H and O–H groups in total. The van der Waals surface area contributed by atoms with Gasteiger partial charge < -0.3 is 15.2 Å². The first-order chi connectivity index (χ1) is 14.3. The van der Waals surface area contributed by atoms with Gasteiger partial charge in [-0.15, -0.1) is 26.3 Å². The lowest BCUT2D eigenvalue weighted by Gasteiger charge is -2.26. The Morgan fingerprint density at radius 2 is 1.87 bits per heavy atom. The molecule has 3 atom stereocenters. The normalized spacial score (nSPS) is 24.5. The molecule has 1 heterocycles. The third kappa shape index (κ3) is 5.27. The summed E-state index contributed by atoms with van der Waals surface area (Å²) >= 11 is 6.16. The van der Waals surface area contributed by atoms with E-state index in [9.17, 15) is 18.3 Å². The minimum atomic E-state index is -4.69. The summed E-state index contributed by atoms with van der Waals surface area (Å²) in [6.45, 7) is 3.51.